The van der Waals surface area contributed by atoms with Gasteiger partial charge in [0.15, 0.2) is 0 Å². The molecule has 0 aliphatic carbocycles. The van der Waals surface area contributed by atoms with Crippen LogP contribution in [0.25, 0.3) is 0 Å². The summed E-state index contributed by atoms with van der Waals surface area (Å²) in [7, 11) is 2.90. The summed E-state index contributed by atoms with van der Waals surface area (Å²) in [6.07, 6.45) is 0. The lowest BCUT2D eigenvalue weighted by Crippen LogP contribution is -2.30. The highest BCUT2D eigenvalue weighted by Gasteiger charge is 2.10. The second-order valence-corrected chi connectivity index (χ2v) is 6.00. The maximum atomic E-state index is 11.7. The van der Waals surface area contributed by atoms with Crippen LogP contribution in [0.2, 0.25) is 15.1 Å². The molecule has 0 saturated heterocycles. The minimum atomic E-state index is -0.409. The molecule has 0 radical (unpaired) electrons. The van der Waals surface area contributed by atoms with E-state index in [0.29, 0.717) is 26.5 Å². The fourth-order valence-corrected chi connectivity index (χ4v) is 2.28. The van der Waals surface area contributed by atoms with Crippen LogP contribution in [0.4, 0.5) is 10.5 Å². The third-order valence-corrected chi connectivity index (χ3v) is 4.24. The molecule has 0 fully saturated rings. The lowest BCUT2D eigenvalue weighted by Gasteiger charge is -2.15. The van der Waals surface area contributed by atoms with Gasteiger partial charge in [-0.25, -0.2) is 9.86 Å². The molecule has 2 amide bonds. The van der Waals surface area contributed by atoms with E-state index in [4.69, 9.17) is 44.4 Å². The van der Waals surface area contributed by atoms with Crippen molar-refractivity contribution >= 4 is 46.5 Å². The largest absolute Gasteiger partial charge is 0.489 e. The van der Waals surface area contributed by atoms with Crippen molar-refractivity contribution < 1.29 is 14.4 Å². The number of urea groups is 1. The maximum absolute atomic E-state index is 11.7. The molecule has 2 rings (SSSR count). The number of carbonyl (C=O) groups is 1. The molecule has 0 saturated carbocycles. The van der Waals surface area contributed by atoms with E-state index in [9.17, 15) is 4.79 Å². The zero-order valence-corrected chi connectivity index (χ0v) is 15.2. The molecule has 0 bridgehead atoms. The highest BCUT2D eigenvalue weighted by Crippen LogP contribution is 2.28. The predicted octanol–water partition coefficient (Wildman–Crippen LogP) is 5.25. The number of hydroxylamine groups is 2. The van der Waals surface area contributed by atoms with Crippen LogP contribution >= 0.6 is 34.8 Å². The molecule has 1 N–H and O–H groups in total. The summed E-state index contributed by atoms with van der Waals surface area (Å²) in [5, 5.41) is 5.06. The molecular weight excluding hydrogens is 375 g/mol. The number of hydrogen-bond acceptors (Lipinski definition) is 3. The first-order valence-electron chi connectivity index (χ1n) is 6.86. The van der Waals surface area contributed by atoms with Crippen LogP contribution in [-0.4, -0.2) is 25.3 Å². The van der Waals surface area contributed by atoms with Gasteiger partial charge in [0, 0.05) is 29.4 Å². The van der Waals surface area contributed by atoms with Crippen molar-refractivity contribution in [1.29, 1.82) is 0 Å². The number of nitrogens with zero attached hydrogens (tertiary/aromatic N) is 1. The first-order chi connectivity index (χ1) is 11.4. The van der Waals surface area contributed by atoms with Crippen LogP contribution in [0, 0.1) is 0 Å². The highest BCUT2D eigenvalue weighted by molar-refractivity contribution is 6.42. The second kappa shape index (κ2) is 8.44. The number of benzene rings is 2. The van der Waals surface area contributed by atoms with Gasteiger partial charge >= 0.3 is 6.03 Å². The first-order valence-corrected chi connectivity index (χ1v) is 7.99. The van der Waals surface area contributed by atoms with E-state index >= 15 is 0 Å². The lowest BCUT2D eigenvalue weighted by molar-refractivity contribution is -0.0598. The van der Waals surface area contributed by atoms with Crippen molar-refractivity contribution in [2.24, 2.45) is 0 Å². The van der Waals surface area contributed by atoms with Crippen LogP contribution in [0.5, 0.6) is 5.75 Å². The molecule has 8 heteroatoms. The average Bonchev–Trinajstić information content (AvgIpc) is 2.56. The summed E-state index contributed by atoms with van der Waals surface area (Å²) >= 11 is 18.0. The van der Waals surface area contributed by atoms with Gasteiger partial charge in [-0.15, -0.1) is 0 Å². The standard InChI is InChI=1S/C16H15Cl3N2O3/c1-21(23-2)16(22)20-11-4-3-10(14(18)7-11)9-24-12-5-6-13(17)15(19)8-12/h3-8H,9H2,1-2H3,(H,20,22). The van der Waals surface area contributed by atoms with Crippen molar-refractivity contribution in [2.75, 3.05) is 19.5 Å². The monoisotopic (exact) mass is 388 g/mol. The molecule has 5 nitrogen and oxygen atoms in total. The van der Waals surface area contributed by atoms with Gasteiger partial charge < -0.3 is 10.1 Å². The Morgan fingerprint density at radius 3 is 2.46 bits per heavy atom. The first kappa shape index (κ1) is 18.7. The normalized spacial score (nSPS) is 10.4. The number of amides is 2. The minimum absolute atomic E-state index is 0.253. The van der Waals surface area contributed by atoms with E-state index in [0.717, 1.165) is 10.6 Å². The van der Waals surface area contributed by atoms with Crippen LogP contribution < -0.4 is 10.1 Å². The van der Waals surface area contributed by atoms with Gasteiger partial charge in [-0.2, -0.15) is 0 Å². The Morgan fingerprint density at radius 2 is 1.83 bits per heavy atom. The Labute approximate surface area is 155 Å². The van der Waals surface area contributed by atoms with Crippen molar-refractivity contribution in [3.63, 3.8) is 0 Å². The Bertz CT molecular complexity index is 741. The topological polar surface area (TPSA) is 50.8 Å². The fourth-order valence-electron chi connectivity index (χ4n) is 1.75. The number of halogens is 3. The van der Waals surface area contributed by atoms with E-state index < -0.39 is 6.03 Å². The summed E-state index contributed by atoms with van der Waals surface area (Å²) in [6.45, 7) is 0.253. The Balaban J connectivity index is 2.01. The smallest absolute Gasteiger partial charge is 0.345 e. The number of ether oxygens (including phenoxy) is 1. The minimum Gasteiger partial charge on any atom is -0.489 e. The van der Waals surface area contributed by atoms with Gasteiger partial charge in [-0.3, -0.25) is 4.84 Å². The molecule has 24 heavy (non-hydrogen) atoms. The van der Waals surface area contributed by atoms with Gasteiger partial charge in [0.2, 0.25) is 0 Å². The van der Waals surface area contributed by atoms with Crippen LogP contribution in [0.15, 0.2) is 36.4 Å². The van der Waals surface area contributed by atoms with E-state index in [1.165, 1.54) is 14.2 Å². The quantitative estimate of drug-likeness (QED) is 0.710. The molecule has 0 spiro atoms. The Kier molecular flexibility index (Phi) is 6.57. The van der Waals surface area contributed by atoms with E-state index in [1.807, 2.05) is 0 Å². The van der Waals surface area contributed by atoms with E-state index in [-0.39, 0.29) is 6.61 Å². The molecular formula is C16H15Cl3N2O3. The molecule has 0 aliphatic heterocycles. The lowest BCUT2D eigenvalue weighted by atomic mass is 10.2. The number of rotatable bonds is 5. The number of anilines is 1. The average molecular weight is 390 g/mol. The summed E-state index contributed by atoms with van der Waals surface area (Å²) < 4.78 is 5.64. The molecule has 0 aliphatic rings. The zero-order valence-electron chi connectivity index (χ0n) is 13.0. The van der Waals surface area contributed by atoms with E-state index in [1.54, 1.807) is 36.4 Å². The van der Waals surface area contributed by atoms with Crippen LogP contribution in [0.1, 0.15) is 5.56 Å². The summed E-state index contributed by atoms with van der Waals surface area (Å²) in [6, 6.07) is 9.73. The van der Waals surface area contributed by atoms with E-state index in [2.05, 4.69) is 5.32 Å². The van der Waals surface area contributed by atoms with Gasteiger partial charge in [-0.05, 0) is 24.3 Å². The summed E-state index contributed by atoms with van der Waals surface area (Å²) in [5.74, 6) is 0.583. The zero-order chi connectivity index (χ0) is 17.7. The fraction of sp³-hybridized carbons (Fsp3) is 0.188. The molecule has 0 atom stereocenters. The molecule has 2 aromatic rings. The van der Waals surface area contributed by atoms with Crippen molar-refractivity contribution in [1.82, 2.24) is 5.06 Å². The highest BCUT2D eigenvalue weighted by atomic mass is 35.5. The molecule has 0 heterocycles. The van der Waals surface area contributed by atoms with Crippen molar-refractivity contribution in [3.8, 4) is 5.75 Å². The number of nitrogens with one attached hydrogen (secondary N) is 1. The molecule has 2 aromatic carbocycles. The Hall–Kier alpha value is -1.66. The number of carbonyl (C=O) groups excluding carboxylic acids is 1. The molecule has 0 aromatic heterocycles. The third kappa shape index (κ3) is 4.92. The summed E-state index contributed by atoms with van der Waals surface area (Å²) in [5.41, 5.74) is 1.31. The number of hydrogen-bond donors (Lipinski definition) is 1. The van der Waals surface area contributed by atoms with Crippen molar-refractivity contribution in [3.05, 3.63) is 57.0 Å². The van der Waals surface area contributed by atoms with Gasteiger partial charge in [0.05, 0.1) is 17.2 Å². The second-order valence-electron chi connectivity index (χ2n) is 4.78. The third-order valence-electron chi connectivity index (χ3n) is 3.15. The van der Waals surface area contributed by atoms with Crippen LogP contribution in [0.3, 0.4) is 0 Å². The molecule has 0 unspecified atom stereocenters. The Morgan fingerprint density at radius 1 is 1.08 bits per heavy atom. The van der Waals surface area contributed by atoms with Crippen LogP contribution in [-0.2, 0) is 11.4 Å². The molecule has 128 valence electrons. The van der Waals surface area contributed by atoms with Crippen molar-refractivity contribution in [2.45, 2.75) is 6.61 Å². The summed E-state index contributed by atoms with van der Waals surface area (Å²) in [4.78, 5) is 16.5. The van der Waals surface area contributed by atoms with Gasteiger partial charge in [0.25, 0.3) is 0 Å². The van der Waals surface area contributed by atoms with Gasteiger partial charge in [-0.1, -0.05) is 40.9 Å². The SMILES string of the molecule is CON(C)C(=O)Nc1ccc(COc2ccc(Cl)c(Cl)c2)c(Cl)c1. The van der Waals surface area contributed by atoms with Gasteiger partial charge in [0.1, 0.15) is 12.4 Å². The maximum Gasteiger partial charge on any atom is 0.345 e. The predicted molar refractivity (Wildman–Crippen MR) is 96.0 cm³/mol.